The van der Waals surface area contributed by atoms with Gasteiger partial charge >= 0.3 is 0 Å². The Morgan fingerprint density at radius 3 is 3.12 bits per heavy atom. The van der Waals surface area contributed by atoms with Crippen LogP contribution in [0, 0.1) is 0 Å². The summed E-state index contributed by atoms with van der Waals surface area (Å²) in [6, 6.07) is 2.51. The summed E-state index contributed by atoms with van der Waals surface area (Å²) in [5.41, 5.74) is 2.09. The van der Waals surface area contributed by atoms with E-state index in [9.17, 15) is 0 Å². The van der Waals surface area contributed by atoms with Gasteiger partial charge in [0.2, 0.25) is 0 Å². The Hall–Kier alpha value is -1.13. The van der Waals surface area contributed by atoms with E-state index in [1.165, 1.54) is 0 Å². The SMILES string of the molecule is CN1CCC(n2c(CCl)nc3cnccc32)C1. The van der Waals surface area contributed by atoms with E-state index in [0.29, 0.717) is 11.9 Å². The Kier molecular flexibility index (Phi) is 2.76. The van der Waals surface area contributed by atoms with E-state index in [1.807, 2.05) is 12.3 Å². The molecule has 2 aromatic rings. The van der Waals surface area contributed by atoms with Crippen LogP contribution < -0.4 is 0 Å². The first kappa shape index (κ1) is 11.0. The molecule has 0 spiro atoms. The fourth-order valence-corrected chi connectivity index (χ4v) is 2.81. The number of fused-ring (bicyclic) bond motifs is 1. The number of aromatic nitrogens is 3. The normalized spacial score (nSPS) is 21.4. The van der Waals surface area contributed by atoms with Crippen molar-refractivity contribution >= 4 is 22.6 Å². The van der Waals surface area contributed by atoms with Gasteiger partial charge in [0.15, 0.2) is 0 Å². The number of alkyl halides is 1. The maximum Gasteiger partial charge on any atom is 0.125 e. The molecule has 1 saturated heterocycles. The third kappa shape index (κ3) is 1.81. The van der Waals surface area contributed by atoms with Crippen LogP contribution in [0.5, 0.6) is 0 Å². The van der Waals surface area contributed by atoms with E-state index in [2.05, 4.69) is 26.5 Å². The van der Waals surface area contributed by atoms with Crippen LogP contribution >= 0.6 is 11.6 Å². The fourth-order valence-electron chi connectivity index (χ4n) is 2.62. The summed E-state index contributed by atoms with van der Waals surface area (Å²) < 4.78 is 2.29. The lowest BCUT2D eigenvalue weighted by atomic mass is 10.2. The second kappa shape index (κ2) is 4.27. The zero-order chi connectivity index (χ0) is 11.8. The molecule has 90 valence electrons. The average molecular weight is 251 g/mol. The standard InChI is InChI=1S/C12H15ClN4/c1-16-5-3-9(8-16)17-11-2-4-14-7-10(11)15-12(17)6-13/h2,4,7,9H,3,5-6,8H2,1H3. The molecule has 1 atom stereocenters. The molecular formula is C12H15ClN4. The summed E-state index contributed by atoms with van der Waals surface area (Å²) in [7, 11) is 2.15. The molecule has 1 unspecified atom stereocenters. The Morgan fingerprint density at radius 2 is 2.41 bits per heavy atom. The summed E-state index contributed by atoms with van der Waals surface area (Å²) in [5, 5.41) is 0. The van der Waals surface area contributed by atoms with Crippen LogP contribution in [0.3, 0.4) is 0 Å². The fraction of sp³-hybridized carbons (Fsp3) is 0.500. The van der Waals surface area contributed by atoms with Crippen molar-refractivity contribution in [1.82, 2.24) is 19.4 Å². The highest BCUT2D eigenvalue weighted by Crippen LogP contribution is 2.27. The summed E-state index contributed by atoms with van der Waals surface area (Å²) in [5.74, 6) is 1.41. The van der Waals surface area contributed by atoms with Crippen LogP contribution in [0.2, 0.25) is 0 Å². The van der Waals surface area contributed by atoms with Gasteiger partial charge in [-0.2, -0.15) is 0 Å². The maximum atomic E-state index is 6.00. The smallest absolute Gasteiger partial charge is 0.125 e. The number of pyridine rings is 1. The van der Waals surface area contributed by atoms with Gasteiger partial charge in [0.1, 0.15) is 11.3 Å². The number of hydrogen-bond donors (Lipinski definition) is 0. The van der Waals surface area contributed by atoms with E-state index in [4.69, 9.17) is 11.6 Å². The lowest BCUT2D eigenvalue weighted by molar-refractivity contribution is 0.393. The number of imidazole rings is 1. The van der Waals surface area contributed by atoms with Crippen molar-refractivity contribution in [3.8, 4) is 0 Å². The molecule has 0 N–H and O–H groups in total. The minimum atomic E-state index is 0.453. The summed E-state index contributed by atoms with van der Waals surface area (Å²) in [6.45, 7) is 2.20. The molecule has 1 aliphatic heterocycles. The van der Waals surface area contributed by atoms with Gasteiger partial charge in [-0.05, 0) is 26.1 Å². The molecule has 5 heteroatoms. The van der Waals surface area contributed by atoms with Crippen molar-refractivity contribution in [2.45, 2.75) is 18.3 Å². The largest absolute Gasteiger partial charge is 0.322 e. The van der Waals surface area contributed by atoms with Crippen molar-refractivity contribution in [3.63, 3.8) is 0 Å². The summed E-state index contributed by atoms with van der Waals surface area (Å²) in [6.07, 6.45) is 4.78. The maximum absolute atomic E-state index is 6.00. The van der Waals surface area contributed by atoms with Crippen LogP contribution in [0.4, 0.5) is 0 Å². The molecule has 0 bridgehead atoms. The van der Waals surface area contributed by atoms with Crippen LogP contribution in [0.1, 0.15) is 18.3 Å². The Balaban J connectivity index is 2.12. The van der Waals surface area contributed by atoms with Gasteiger partial charge < -0.3 is 9.47 Å². The highest BCUT2D eigenvalue weighted by atomic mass is 35.5. The van der Waals surface area contributed by atoms with E-state index in [-0.39, 0.29) is 0 Å². The van der Waals surface area contributed by atoms with E-state index >= 15 is 0 Å². The van der Waals surface area contributed by atoms with Crippen molar-refractivity contribution in [3.05, 3.63) is 24.3 Å². The van der Waals surface area contributed by atoms with Gasteiger partial charge in [-0.3, -0.25) is 4.98 Å². The molecule has 0 radical (unpaired) electrons. The summed E-state index contributed by atoms with van der Waals surface area (Å²) in [4.78, 5) is 11.0. The first-order valence-electron chi connectivity index (χ1n) is 5.85. The molecule has 1 fully saturated rings. The van der Waals surface area contributed by atoms with Gasteiger partial charge in [0.05, 0.1) is 17.6 Å². The molecule has 0 amide bonds. The van der Waals surface area contributed by atoms with Crippen LogP contribution in [-0.4, -0.2) is 39.6 Å². The van der Waals surface area contributed by atoms with Crippen LogP contribution in [0.25, 0.3) is 11.0 Å². The molecule has 0 aromatic carbocycles. The highest BCUT2D eigenvalue weighted by Gasteiger charge is 2.24. The van der Waals surface area contributed by atoms with E-state index < -0.39 is 0 Å². The molecule has 0 aliphatic carbocycles. The molecule has 3 heterocycles. The van der Waals surface area contributed by atoms with Crippen molar-refractivity contribution in [2.75, 3.05) is 20.1 Å². The van der Waals surface area contributed by atoms with Gasteiger partial charge in [-0.1, -0.05) is 0 Å². The zero-order valence-electron chi connectivity index (χ0n) is 9.80. The quantitative estimate of drug-likeness (QED) is 0.765. The molecule has 17 heavy (non-hydrogen) atoms. The number of hydrogen-bond acceptors (Lipinski definition) is 3. The average Bonchev–Trinajstić information content (AvgIpc) is 2.91. The number of halogens is 1. The van der Waals surface area contributed by atoms with Gasteiger partial charge in [0.25, 0.3) is 0 Å². The molecule has 1 aliphatic rings. The van der Waals surface area contributed by atoms with Gasteiger partial charge in [0, 0.05) is 18.8 Å². The molecule has 0 saturated carbocycles. The van der Waals surface area contributed by atoms with E-state index in [1.54, 1.807) is 6.20 Å². The molecule has 3 rings (SSSR count). The lowest BCUT2D eigenvalue weighted by Gasteiger charge is -2.15. The Bertz CT molecular complexity index is 536. The van der Waals surface area contributed by atoms with Crippen LogP contribution in [-0.2, 0) is 5.88 Å². The first-order chi connectivity index (χ1) is 8.29. The predicted octanol–water partition coefficient (Wildman–Crippen LogP) is 2.05. The van der Waals surface area contributed by atoms with Crippen molar-refractivity contribution in [1.29, 1.82) is 0 Å². The van der Waals surface area contributed by atoms with E-state index in [0.717, 1.165) is 36.4 Å². The van der Waals surface area contributed by atoms with Crippen molar-refractivity contribution < 1.29 is 0 Å². The minimum absolute atomic E-state index is 0.453. The minimum Gasteiger partial charge on any atom is -0.322 e. The molecule has 2 aromatic heterocycles. The Morgan fingerprint density at radius 1 is 1.53 bits per heavy atom. The predicted molar refractivity (Wildman–Crippen MR) is 68.2 cm³/mol. The second-order valence-electron chi connectivity index (χ2n) is 4.60. The Labute approximate surface area is 105 Å². The molecule has 4 nitrogen and oxygen atoms in total. The van der Waals surface area contributed by atoms with Gasteiger partial charge in [-0.15, -0.1) is 11.6 Å². The monoisotopic (exact) mass is 250 g/mol. The van der Waals surface area contributed by atoms with Gasteiger partial charge in [-0.25, -0.2) is 4.98 Å². The zero-order valence-corrected chi connectivity index (χ0v) is 10.6. The molecular weight excluding hydrogens is 236 g/mol. The third-order valence-electron chi connectivity index (χ3n) is 3.42. The summed E-state index contributed by atoms with van der Waals surface area (Å²) >= 11 is 6.00. The topological polar surface area (TPSA) is 34.0 Å². The second-order valence-corrected chi connectivity index (χ2v) is 4.87. The lowest BCUT2D eigenvalue weighted by Crippen LogP contribution is -2.17. The number of likely N-dealkylation sites (N-methyl/N-ethyl adjacent to an activating group) is 1. The van der Waals surface area contributed by atoms with Crippen LogP contribution in [0.15, 0.2) is 18.5 Å². The van der Waals surface area contributed by atoms with Crippen molar-refractivity contribution in [2.24, 2.45) is 0 Å². The first-order valence-corrected chi connectivity index (χ1v) is 6.38. The highest BCUT2D eigenvalue weighted by molar-refractivity contribution is 6.16. The number of nitrogens with zero attached hydrogens (tertiary/aromatic N) is 4. The third-order valence-corrected chi connectivity index (χ3v) is 3.66. The number of rotatable bonds is 2. The number of likely N-dealkylation sites (tertiary alicyclic amines) is 1.